The van der Waals surface area contributed by atoms with Crippen LogP contribution in [0.3, 0.4) is 0 Å². The fourth-order valence-corrected chi connectivity index (χ4v) is 1.09. The van der Waals surface area contributed by atoms with Crippen LogP contribution in [0.2, 0.25) is 0 Å². The zero-order valence-electron chi connectivity index (χ0n) is 5.64. The second kappa shape index (κ2) is 3.54. The predicted octanol–water partition coefficient (Wildman–Crippen LogP) is 2.77. The van der Waals surface area contributed by atoms with Crippen LogP contribution < -0.4 is 0 Å². The smallest absolute Gasteiger partial charge is 0.137 e. The van der Waals surface area contributed by atoms with Gasteiger partial charge in [-0.05, 0) is 33.6 Å². The fourth-order valence-electron chi connectivity index (χ4n) is 0.698. The molecule has 0 heterocycles. The predicted molar refractivity (Wildman–Crippen MR) is 46.3 cm³/mol. The van der Waals surface area contributed by atoms with Gasteiger partial charge in [0.05, 0.1) is 10.9 Å². The van der Waals surface area contributed by atoms with Crippen molar-refractivity contribution in [3.8, 4) is 12.3 Å². The van der Waals surface area contributed by atoms with E-state index in [9.17, 15) is 4.39 Å². The standard InChI is InChI=1S/C9H5BrF/c1-2-3-7-4-5-9(11)8(10)6-7/h1,3-6H. The summed E-state index contributed by atoms with van der Waals surface area (Å²) < 4.78 is 13.1. The second-order valence-corrected chi connectivity index (χ2v) is 2.84. The molecular formula is C9H5BrF. The van der Waals surface area contributed by atoms with Crippen LogP contribution in [0, 0.1) is 24.6 Å². The quantitative estimate of drug-likeness (QED) is 0.628. The van der Waals surface area contributed by atoms with Gasteiger partial charge in [-0.1, -0.05) is 12.0 Å². The zero-order valence-corrected chi connectivity index (χ0v) is 7.23. The van der Waals surface area contributed by atoms with E-state index in [1.54, 1.807) is 18.6 Å². The molecule has 1 aromatic rings. The van der Waals surface area contributed by atoms with Gasteiger partial charge in [-0.25, -0.2) is 4.39 Å². The van der Waals surface area contributed by atoms with Gasteiger partial charge in [-0.2, -0.15) is 0 Å². The van der Waals surface area contributed by atoms with Crippen LogP contribution >= 0.6 is 15.9 Å². The number of rotatable bonds is 1. The monoisotopic (exact) mass is 211 g/mol. The van der Waals surface area contributed by atoms with Crippen molar-refractivity contribution in [3.63, 3.8) is 0 Å². The lowest BCUT2D eigenvalue weighted by Crippen LogP contribution is -1.81. The van der Waals surface area contributed by atoms with Gasteiger partial charge >= 0.3 is 0 Å². The lowest BCUT2D eigenvalue weighted by Gasteiger charge is -1.96. The maximum atomic E-state index is 12.6. The van der Waals surface area contributed by atoms with Gasteiger partial charge in [-0.3, -0.25) is 0 Å². The molecule has 2 heteroatoms. The summed E-state index contributed by atoms with van der Waals surface area (Å²) in [7, 11) is 0. The summed E-state index contributed by atoms with van der Waals surface area (Å²) in [6.45, 7) is 0. The van der Waals surface area contributed by atoms with Crippen LogP contribution in [-0.4, -0.2) is 0 Å². The molecule has 0 unspecified atom stereocenters. The first-order valence-electron chi connectivity index (χ1n) is 2.98. The highest BCUT2D eigenvalue weighted by Gasteiger charge is 1.98. The van der Waals surface area contributed by atoms with Crippen molar-refractivity contribution in [2.24, 2.45) is 0 Å². The first-order chi connectivity index (χ1) is 5.24. The fraction of sp³-hybridized carbons (Fsp3) is 0. The number of halogens is 2. The molecule has 0 spiro atoms. The third-order valence-corrected chi connectivity index (χ3v) is 1.80. The number of hydrogen-bond acceptors (Lipinski definition) is 0. The number of hydrogen-bond donors (Lipinski definition) is 0. The van der Waals surface area contributed by atoms with Crippen molar-refractivity contribution in [2.75, 3.05) is 0 Å². The normalized spacial score (nSPS) is 9.18. The SMILES string of the molecule is C#C[CH]c1ccc(F)c(Br)c1. The van der Waals surface area contributed by atoms with Crippen molar-refractivity contribution >= 4 is 15.9 Å². The van der Waals surface area contributed by atoms with Crippen LogP contribution in [0.25, 0.3) is 0 Å². The van der Waals surface area contributed by atoms with E-state index in [0.29, 0.717) is 4.47 Å². The molecule has 11 heavy (non-hydrogen) atoms. The lowest BCUT2D eigenvalue weighted by atomic mass is 10.2. The minimum absolute atomic E-state index is 0.279. The van der Waals surface area contributed by atoms with Gasteiger partial charge < -0.3 is 0 Å². The Morgan fingerprint density at radius 1 is 1.55 bits per heavy atom. The van der Waals surface area contributed by atoms with E-state index in [1.165, 1.54) is 6.07 Å². The summed E-state index contributed by atoms with van der Waals surface area (Å²) >= 11 is 3.05. The van der Waals surface area contributed by atoms with Gasteiger partial charge in [0.1, 0.15) is 5.82 Å². The minimum atomic E-state index is -0.279. The number of terminal acetylenes is 1. The molecule has 0 aliphatic rings. The third kappa shape index (κ3) is 2.06. The molecule has 1 radical (unpaired) electrons. The highest BCUT2D eigenvalue weighted by Crippen LogP contribution is 2.17. The van der Waals surface area contributed by atoms with Gasteiger partial charge in [0.2, 0.25) is 0 Å². The molecule has 0 saturated carbocycles. The molecule has 0 aliphatic heterocycles. The molecular weight excluding hydrogens is 207 g/mol. The van der Waals surface area contributed by atoms with Gasteiger partial charge in [-0.15, -0.1) is 6.42 Å². The summed E-state index contributed by atoms with van der Waals surface area (Å²) in [6.07, 6.45) is 6.61. The molecule has 1 rings (SSSR count). The molecule has 0 saturated heterocycles. The van der Waals surface area contributed by atoms with E-state index in [4.69, 9.17) is 6.42 Å². The third-order valence-electron chi connectivity index (χ3n) is 1.19. The van der Waals surface area contributed by atoms with Crippen molar-refractivity contribution < 1.29 is 4.39 Å². The Balaban J connectivity index is 2.98. The highest BCUT2D eigenvalue weighted by atomic mass is 79.9. The van der Waals surface area contributed by atoms with Crippen LogP contribution in [0.4, 0.5) is 4.39 Å². The molecule has 0 aliphatic carbocycles. The van der Waals surface area contributed by atoms with Crippen LogP contribution in [0.5, 0.6) is 0 Å². The molecule has 55 valence electrons. The van der Waals surface area contributed by atoms with E-state index in [2.05, 4.69) is 21.9 Å². The van der Waals surface area contributed by atoms with E-state index in [0.717, 1.165) is 5.56 Å². The van der Waals surface area contributed by atoms with Gasteiger partial charge in [0.15, 0.2) is 0 Å². The Hall–Kier alpha value is -0.810. The van der Waals surface area contributed by atoms with Gasteiger partial charge in [0, 0.05) is 0 Å². The van der Waals surface area contributed by atoms with Crippen molar-refractivity contribution in [3.05, 3.63) is 40.5 Å². The Morgan fingerprint density at radius 3 is 2.82 bits per heavy atom. The van der Waals surface area contributed by atoms with Crippen LogP contribution in [0.1, 0.15) is 5.56 Å². The Labute approximate surface area is 73.6 Å². The minimum Gasteiger partial charge on any atom is -0.206 e. The first-order valence-corrected chi connectivity index (χ1v) is 3.78. The molecule has 0 N–H and O–H groups in total. The second-order valence-electron chi connectivity index (χ2n) is 1.98. The molecule has 0 aromatic heterocycles. The van der Waals surface area contributed by atoms with E-state index in [1.807, 2.05) is 0 Å². The van der Waals surface area contributed by atoms with E-state index in [-0.39, 0.29) is 5.82 Å². The zero-order chi connectivity index (χ0) is 8.27. The summed E-state index contributed by atoms with van der Waals surface area (Å²) in [5.74, 6) is 2.08. The molecule has 0 atom stereocenters. The maximum Gasteiger partial charge on any atom is 0.137 e. The Kier molecular flexibility index (Phi) is 2.67. The van der Waals surface area contributed by atoms with Gasteiger partial charge in [0.25, 0.3) is 0 Å². The molecule has 0 fully saturated rings. The highest BCUT2D eigenvalue weighted by molar-refractivity contribution is 9.10. The average Bonchev–Trinajstić information content (AvgIpc) is 1.98. The maximum absolute atomic E-state index is 12.6. The Bertz CT molecular complexity index is 299. The molecule has 1 aromatic carbocycles. The molecule has 0 amide bonds. The van der Waals surface area contributed by atoms with Crippen molar-refractivity contribution in [1.82, 2.24) is 0 Å². The first kappa shape index (κ1) is 8.29. The van der Waals surface area contributed by atoms with E-state index >= 15 is 0 Å². The Morgan fingerprint density at radius 2 is 2.27 bits per heavy atom. The van der Waals surface area contributed by atoms with E-state index < -0.39 is 0 Å². The van der Waals surface area contributed by atoms with Crippen molar-refractivity contribution in [1.29, 1.82) is 0 Å². The van der Waals surface area contributed by atoms with Crippen LogP contribution in [-0.2, 0) is 0 Å². The van der Waals surface area contributed by atoms with Crippen molar-refractivity contribution in [2.45, 2.75) is 0 Å². The average molecular weight is 212 g/mol. The summed E-state index contributed by atoms with van der Waals surface area (Å²) in [5.41, 5.74) is 0.820. The summed E-state index contributed by atoms with van der Waals surface area (Å²) in [4.78, 5) is 0. The lowest BCUT2D eigenvalue weighted by molar-refractivity contribution is 0.621. The summed E-state index contributed by atoms with van der Waals surface area (Å²) in [6, 6.07) is 4.63. The largest absolute Gasteiger partial charge is 0.206 e. The number of benzene rings is 1. The molecule has 0 bridgehead atoms. The van der Waals surface area contributed by atoms with Crippen LogP contribution in [0.15, 0.2) is 22.7 Å². The molecule has 0 nitrogen and oxygen atoms in total. The summed E-state index contributed by atoms with van der Waals surface area (Å²) in [5, 5.41) is 0. The topological polar surface area (TPSA) is 0 Å².